The summed E-state index contributed by atoms with van der Waals surface area (Å²) in [7, 11) is -3.88. The van der Waals surface area contributed by atoms with Crippen LogP contribution in [0.1, 0.15) is 24.8 Å². The van der Waals surface area contributed by atoms with Crippen LogP contribution in [0.2, 0.25) is 5.02 Å². The molecule has 0 radical (unpaired) electrons. The second-order valence-corrected chi connectivity index (χ2v) is 8.78. The molecule has 1 fully saturated rings. The van der Waals surface area contributed by atoms with E-state index in [1.54, 1.807) is 12.1 Å². The molecule has 2 aromatic carbocycles. The molecule has 7 nitrogen and oxygen atoms in total. The number of hydrogen-bond donors (Lipinski definition) is 3. The van der Waals surface area contributed by atoms with Gasteiger partial charge in [-0.05, 0) is 55.2 Å². The van der Waals surface area contributed by atoms with E-state index >= 15 is 0 Å². The van der Waals surface area contributed by atoms with Gasteiger partial charge < -0.3 is 4.98 Å². The first-order chi connectivity index (χ1) is 12.8. The molecule has 9 heteroatoms. The Kier molecular flexibility index (Phi) is 4.21. The Morgan fingerprint density at radius 1 is 1.00 bits per heavy atom. The summed E-state index contributed by atoms with van der Waals surface area (Å²) in [6, 6.07) is 11.2. The summed E-state index contributed by atoms with van der Waals surface area (Å²) in [5.41, 5.74) is -0.835. The van der Waals surface area contributed by atoms with Gasteiger partial charge in [0, 0.05) is 5.02 Å². The molecular formula is C18H16ClN3O4S. The van der Waals surface area contributed by atoms with Crippen molar-refractivity contribution in [2.45, 2.75) is 29.7 Å². The highest BCUT2D eigenvalue weighted by Gasteiger charge is 2.42. The van der Waals surface area contributed by atoms with Gasteiger partial charge in [0.2, 0.25) is 10.0 Å². The molecule has 1 saturated carbocycles. The summed E-state index contributed by atoms with van der Waals surface area (Å²) >= 11 is 5.94. The molecule has 0 atom stereocenters. The standard InChI is InChI=1S/C18H16ClN3O4S/c19-12-4-2-11(3-5-12)18(8-1-9-18)22-27(25,26)13-6-7-15-14(10-13)16(23)21-17(24)20-15/h2-7,10,22H,1,8-9H2,(H2,20,21,23,24). The van der Waals surface area contributed by atoms with E-state index in [1.165, 1.54) is 18.2 Å². The second-order valence-electron chi connectivity index (χ2n) is 6.66. The minimum atomic E-state index is -3.88. The minimum absolute atomic E-state index is 0.0345. The van der Waals surface area contributed by atoms with E-state index < -0.39 is 26.8 Å². The van der Waals surface area contributed by atoms with E-state index in [9.17, 15) is 18.0 Å². The molecule has 0 amide bonds. The highest BCUT2D eigenvalue weighted by atomic mass is 35.5. The Hall–Kier alpha value is -2.42. The fourth-order valence-electron chi connectivity index (χ4n) is 3.38. The predicted molar refractivity (Wildman–Crippen MR) is 102 cm³/mol. The van der Waals surface area contributed by atoms with Gasteiger partial charge in [0.25, 0.3) is 5.56 Å². The van der Waals surface area contributed by atoms with Crippen LogP contribution in [0.15, 0.2) is 56.9 Å². The van der Waals surface area contributed by atoms with Gasteiger partial charge in [-0.25, -0.2) is 17.9 Å². The number of halogens is 1. The Morgan fingerprint density at radius 3 is 2.33 bits per heavy atom. The van der Waals surface area contributed by atoms with E-state index in [0.29, 0.717) is 17.9 Å². The number of fused-ring (bicyclic) bond motifs is 1. The summed E-state index contributed by atoms with van der Waals surface area (Å²) in [6.45, 7) is 0. The topological polar surface area (TPSA) is 112 Å². The van der Waals surface area contributed by atoms with Crippen LogP contribution in [0.4, 0.5) is 0 Å². The molecule has 0 bridgehead atoms. The fraction of sp³-hybridized carbons (Fsp3) is 0.222. The summed E-state index contributed by atoms with van der Waals surface area (Å²) < 4.78 is 28.8. The highest BCUT2D eigenvalue weighted by molar-refractivity contribution is 7.89. The molecule has 0 saturated heterocycles. The van der Waals surface area contributed by atoms with Crippen molar-refractivity contribution in [2.24, 2.45) is 0 Å². The Balaban J connectivity index is 1.75. The lowest BCUT2D eigenvalue weighted by Crippen LogP contribution is -2.50. The molecule has 3 aromatic rings. The summed E-state index contributed by atoms with van der Waals surface area (Å²) in [5.74, 6) is 0. The fourth-order valence-corrected chi connectivity index (χ4v) is 4.98. The Morgan fingerprint density at radius 2 is 1.70 bits per heavy atom. The van der Waals surface area contributed by atoms with Crippen LogP contribution < -0.4 is 16.0 Å². The number of hydrogen-bond acceptors (Lipinski definition) is 4. The van der Waals surface area contributed by atoms with Gasteiger partial charge in [-0.1, -0.05) is 23.7 Å². The molecule has 4 rings (SSSR count). The average molecular weight is 406 g/mol. The third-order valence-corrected chi connectivity index (χ3v) is 6.74. The van der Waals surface area contributed by atoms with Crippen LogP contribution >= 0.6 is 11.6 Å². The van der Waals surface area contributed by atoms with Crippen LogP contribution in [-0.2, 0) is 15.6 Å². The highest BCUT2D eigenvalue weighted by Crippen LogP contribution is 2.42. The minimum Gasteiger partial charge on any atom is -0.307 e. The molecule has 0 unspecified atom stereocenters. The average Bonchev–Trinajstić information content (AvgIpc) is 2.58. The van der Waals surface area contributed by atoms with E-state index in [-0.39, 0.29) is 15.8 Å². The molecular weight excluding hydrogens is 390 g/mol. The van der Waals surface area contributed by atoms with Gasteiger partial charge in [-0.3, -0.25) is 9.78 Å². The normalized spacial score (nSPS) is 16.2. The molecule has 3 N–H and O–H groups in total. The summed E-state index contributed by atoms with van der Waals surface area (Å²) in [6.07, 6.45) is 2.26. The molecule has 1 aliphatic rings. The van der Waals surface area contributed by atoms with Gasteiger partial charge in [-0.2, -0.15) is 0 Å². The zero-order chi connectivity index (χ0) is 19.2. The molecule has 1 aliphatic carbocycles. The van der Waals surface area contributed by atoms with E-state index in [2.05, 4.69) is 14.7 Å². The maximum atomic E-state index is 13.0. The number of nitrogens with one attached hydrogen (secondary N) is 3. The molecule has 0 aliphatic heterocycles. The van der Waals surface area contributed by atoms with Crippen molar-refractivity contribution in [1.29, 1.82) is 0 Å². The predicted octanol–water partition coefficient (Wildman–Crippen LogP) is 2.23. The SMILES string of the molecule is O=c1[nH]c(=O)c2cc(S(=O)(=O)NC3(c4ccc(Cl)cc4)CCC3)ccc2[nH]1. The molecule has 1 aromatic heterocycles. The maximum absolute atomic E-state index is 13.0. The zero-order valence-corrected chi connectivity index (χ0v) is 15.7. The van der Waals surface area contributed by atoms with Crippen molar-refractivity contribution in [3.8, 4) is 0 Å². The number of H-pyrrole nitrogens is 2. The lowest BCUT2D eigenvalue weighted by Gasteiger charge is -2.42. The van der Waals surface area contributed by atoms with Crippen LogP contribution in [0.25, 0.3) is 10.9 Å². The van der Waals surface area contributed by atoms with Gasteiger partial charge >= 0.3 is 5.69 Å². The van der Waals surface area contributed by atoms with Gasteiger partial charge in [0.15, 0.2) is 0 Å². The van der Waals surface area contributed by atoms with E-state index in [0.717, 1.165) is 12.0 Å². The Bertz CT molecular complexity index is 1240. The number of aromatic nitrogens is 2. The quantitative estimate of drug-likeness (QED) is 0.617. The van der Waals surface area contributed by atoms with E-state index in [1.807, 2.05) is 12.1 Å². The number of benzene rings is 2. The molecule has 0 spiro atoms. The summed E-state index contributed by atoms with van der Waals surface area (Å²) in [5, 5.41) is 0.686. The van der Waals surface area contributed by atoms with Crippen LogP contribution in [0, 0.1) is 0 Å². The van der Waals surface area contributed by atoms with Crippen LogP contribution in [0.3, 0.4) is 0 Å². The third kappa shape index (κ3) is 3.20. The number of aromatic amines is 2. The van der Waals surface area contributed by atoms with E-state index in [4.69, 9.17) is 11.6 Å². The maximum Gasteiger partial charge on any atom is 0.326 e. The largest absolute Gasteiger partial charge is 0.326 e. The zero-order valence-electron chi connectivity index (χ0n) is 14.1. The van der Waals surface area contributed by atoms with Crippen molar-refractivity contribution in [3.63, 3.8) is 0 Å². The lowest BCUT2D eigenvalue weighted by atomic mass is 9.73. The van der Waals surface area contributed by atoms with Crippen LogP contribution in [-0.4, -0.2) is 18.4 Å². The molecule has 1 heterocycles. The first kappa shape index (κ1) is 18.0. The van der Waals surface area contributed by atoms with Crippen molar-refractivity contribution >= 4 is 32.5 Å². The lowest BCUT2D eigenvalue weighted by molar-refractivity contribution is 0.224. The third-order valence-electron chi connectivity index (χ3n) is 4.95. The second kappa shape index (κ2) is 6.33. The van der Waals surface area contributed by atoms with Crippen molar-refractivity contribution in [1.82, 2.24) is 14.7 Å². The van der Waals surface area contributed by atoms with Crippen molar-refractivity contribution in [3.05, 3.63) is 73.9 Å². The van der Waals surface area contributed by atoms with Gasteiger partial charge in [0.05, 0.1) is 21.3 Å². The Labute approximate surface area is 159 Å². The summed E-state index contributed by atoms with van der Waals surface area (Å²) in [4.78, 5) is 27.9. The molecule has 140 valence electrons. The number of rotatable bonds is 4. The van der Waals surface area contributed by atoms with Crippen LogP contribution in [0.5, 0.6) is 0 Å². The van der Waals surface area contributed by atoms with Gasteiger partial charge in [-0.15, -0.1) is 0 Å². The number of sulfonamides is 1. The first-order valence-electron chi connectivity index (χ1n) is 8.36. The smallest absolute Gasteiger partial charge is 0.307 e. The van der Waals surface area contributed by atoms with Gasteiger partial charge in [0.1, 0.15) is 0 Å². The molecule has 27 heavy (non-hydrogen) atoms. The van der Waals surface area contributed by atoms with Crippen molar-refractivity contribution in [2.75, 3.05) is 0 Å². The first-order valence-corrected chi connectivity index (χ1v) is 10.2. The van der Waals surface area contributed by atoms with Crippen molar-refractivity contribution < 1.29 is 8.42 Å². The monoisotopic (exact) mass is 405 g/mol.